The van der Waals surface area contributed by atoms with Gasteiger partial charge in [-0.2, -0.15) is 0 Å². The van der Waals surface area contributed by atoms with Crippen LogP contribution >= 0.6 is 0 Å². The molecule has 1 unspecified atom stereocenters. The van der Waals surface area contributed by atoms with Gasteiger partial charge in [0, 0.05) is 30.6 Å². The van der Waals surface area contributed by atoms with Gasteiger partial charge in [0.25, 0.3) is 0 Å². The van der Waals surface area contributed by atoms with E-state index in [9.17, 15) is 4.79 Å². The second-order valence-corrected chi connectivity index (χ2v) is 7.42. The lowest BCUT2D eigenvalue weighted by atomic mass is 10.0. The van der Waals surface area contributed by atoms with E-state index in [-0.39, 0.29) is 11.9 Å². The summed E-state index contributed by atoms with van der Waals surface area (Å²) >= 11 is 0. The van der Waals surface area contributed by atoms with Crippen molar-refractivity contribution in [2.45, 2.75) is 52.0 Å². The summed E-state index contributed by atoms with van der Waals surface area (Å²) in [4.78, 5) is 14.3. The molecule has 24 heavy (non-hydrogen) atoms. The summed E-state index contributed by atoms with van der Waals surface area (Å²) in [6.07, 6.45) is 6.45. The van der Waals surface area contributed by atoms with Crippen LogP contribution in [0.5, 0.6) is 0 Å². The number of hydrogen-bond acceptors (Lipinski definition) is 3. The van der Waals surface area contributed by atoms with Gasteiger partial charge in [-0.15, -0.1) is 0 Å². The minimum absolute atomic E-state index is 0.120. The summed E-state index contributed by atoms with van der Waals surface area (Å²) in [5, 5.41) is 1.09. The molecule has 1 heterocycles. The standard InChI is InChI=1S/C20H28N2O2/c1-13(2)18(21)7-8-22(3)20(23)11-16-12-24-19-10-15-6-4-5-14(15)9-17(16)19/h9-10,12-13,18H,4-8,11,21H2,1-3H3. The van der Waals surface area contributed by atoms with Crippen LogP contribution in [0.15, 0.2) is 22.8 Å². The molecule has 0 spiro atoms. The van der Waals surface area contributed by atoms with Gasteiger partial charge in [-0.1, -0.05) is 13.8 Å². The number of nitrogens with zero attached hydrogens (tertiary/aromatic N) is 1. The largest absolute Gasteiger partial charge is 0.464 e. The van der Waals surface area contributed by atoms with Crippen molar-refractivity contribution < 1.29 is 9.21 Å². The van der Waals surface area contributed by atoms with E-state index in [1.54, 1.807) is 11.2 Å². The first-order chi connectivity index (χ1) is 11.5. The molecular formula is C20H28N2O2. The fourth-order valence-electron chi connectivity index (χ4n) is 3.38. The number of carbonyl (C=O) groups excluding carboxylic acids is 1. The maximum Gasteiger partial charge on any atom is 0.226 e. The van der Waals surface area contributed by atoms with E-state index in [1.165, 1.54) is 17.5 Å². The summed E-state index contributed by atoms with van der Waals surface area (Å²) in [7, 11) is 1.86. The molecule has 1 aromatic carbocycles. The van der Waals surface area contributed by atoms with Gasteiger partial charge in [0.05, 0.1) is 12.7 Å². The summed E-state index contributed by atoms with van der Waals surface area (Å²) in [5.41, 5.74) is 10.8. The van der Waals surface area contributed by atoms with Crippen molar-refractivity contribution in [2.24, 2.45) is 11.7 Å². The number of benzene rings is 1. The van der Waals surface area contributed by atoms with Crippen molar-refractivity contribution in [1.82, 2.24) is 4.90 Å². The van der Waals surface area contributed by atoms with Gasteiger partial charge in [0.1, 0.15) is 5.58 Å². The number of rotatable bonds is 6. The average molecular weight is 328 g/mol. The summed E-state index contributed by atoms with van der Waals surface area (Å²) in [6.45, 7) is 4.93. The number of aryl methyl sites for hydroxylation is 2. The molecule has 0 aliphatic heterocycles. The maximum absolute atomic E-state index is 12.5. The average Bonchev–Trinajstić information content (AvgIpc) is 3.16. The Bertz CT molecular complexity index is 733. The van der Waals surface area contributed by atoms with Crippen LogP contribution < -0.4 is 5.73 Å². The Hall–Kier alpha value is -1.81. The lowest BCUT2D eigenvalue weighted by molar-refractivity contribution is -0.129. The Morgan fingerprint density at radius 1 is 1.29 bits per heavy atom. The Labute approximate surface area is 144 Å². The number of fused-ring (bicyclic) bond motifs is 2. The van der Waals surface area contributed by atoms with Gasteiger partial charge in [-0.3, -0.25) is 4.79 Å². The number of carbonyl (C=O) groups is 1. The molecule has 2 N–H and O–H groups in total. The predicted octanol–water partition coefficient (Wildman–Crippen LogP) is 3.30. The van der Waals surface area contributed by atoms with Crippen molar-refractivity contribution in [3.8, 4) is 0 Å². The highest BCUT2D eigenvalue weighted by atomic mass is 16.3. The van der Waals surface area contributed by atoms with E-state index >= 15 is 0 Å². The molecule has 1 atom stereocenters. The van der Waals surface area contributed by atoms with Crippen LogP contribution in [0.3, 0.4) is 0 Å². The molecule has 2 aromatic rings. The van der Waals surface area contributed by atoms with E-state index in [1.807, 2.05) is 7.05 Å². The third kappa shape index (κ3) is 3.48. The Balaban J connectivity index is 1.67. The first-order valence-corrected chi connectivity index (χ1v) is 8.97. The van der Waals surface area contributed by atoms with Crippen LogP contribution in [-0.2, 0) is 24.1 Å². The smallest absolute Gasteiger partial charge is 0.226 e. The number of amides is 1. The highest BCUT2D eigenvalue weighted by Crippen LogP contribution is 2.30. The molecule has 0 saturated heterocycles. The monoisotopic (exact) mass is 328 g/mol. The first-order valence-electron chi connectivity index (χ1n) is 8.97. The van der Waals surface area contributed by atoms with Crippen molar-refractivity contribution >= 4 is 16.9 Å². The zero-order valence-corrected chi connectivity index (χ0v) is 15.0. The second-order valence-electron chi connectivity index (χ2n) is 7.42. The van der Waals surface area contributed by atoms with Crippen LogP contribution in [0.1, 0.15) is 43.4 Å². The van der Waals surface area contributed by atoms with Gasteiger partial charge < -0.3 is 15.1 Å². The minimum Gasteiger partial charge on any atom is -0.464 e. The zero-order chi connectivity index (χ0) is 17.3. The molecule has 1 aliphatic carbocycles. The summed E-state index contributed by atoms with van der Waals surface area (Å²) in [5.74, 6) is 0.558. The number of likely N-dealkylation sites (N-methyl/N-ethyl adjacent to an activating group) is 1. The van der Waals surface area contributed by atoms with Crippen molar-refractivity contribution in [1.29, 1.82) is 0 Å². The predicted molar refractivity (Wildman–Crippen MR) is 97.0 cm³/mol. The van der Waals surface area contributed by atoms with Crippen LogP contribution in [-0.4, -0.2) is 30.4 Å². The lowest BCUT2D eigenvalue weighted by Gasteiger charge is -2.21. The third-order valence-corrected chi connectivity index (χ3v) is 5.29. The molecule has 4 nitrogen and oxygen atoms in total. The molecule has 3 rings (SSSR count). The van der Waals surface area contributed by atoms with E-state index < -0.39 is 0 Å². The molecule has 0 bridgehead atoms. The quantitative estimate of drug-likeness (QED) is 0.885. The Morgan fingerprint density at radius 3 is 2.71 bits per heavy atom. The first kappa shape index (κ1) is 17.0. The van der Waals surface area contributed by atoms with Crippen LogP contribution in [0.2, 0.25) is 0 Å². The molecule has 4 heteroatoms. The van der Waals surface area contributed by atoms with E-state index in [0.717, 1.165) is 35.8 Å². The van der Waals surface area contributed by atoms with Gasteiger partial charge in [0.2, 0.25) is 5.91 Å². The normalized spacial score (nSPS) is 15.0. The molecular weight excluding hydrogens is 300 g/mol. The number of furan rings is 1. The van der Waals surface area contributed by atoms with Crippen LogP contribution in [0.4, 0.5) is 0 Å². The SMILES string of the molecule is CC(C)C(N)CCN(C)C(=O)Cc1coc2cc3c(cc12)CCC3. The van der Waals surface area contributed by atoms with Gasteiger partial charge in [-0.05, 0) is 54.9 Å². The number of nitrogens with two attached hydrogens (primary N) is 1. The lowest BCUT2D eigenvalue weighted by Crippen LogP contribution is -2.35. The van der Waals surface area contributed by atoms with Crippen molar-refractivity contribution in [3.63, 3.8) is 0 Å². The zero-order valence-electron chi connectivity index (χ0n) is 15.0. The van der Waals surface area contributed by atoms with Crippen LogP contribution in [0, 0.1) is 5.92 Å². The Morgan fingerprint density at radius 2 is 2.00 bits per heavy atom. The third-order valence-electron chi connectivity index (χ3n) is 5.29. The van der Waals surface area contributed by atoms with Gasteiger partial charge in [0.15, 0.2) is 0 Å². The van der Waals surface area contributed by atoms with Gasteiger partial charge >= 0.3 is 0 Å². The molecule has 1 aliphatic rings. The Kier molecular flexibility index (Phi) is 4.95. The molecule has 1 amide bonds. The second kappa shape index (κ2) is 6.98. The van der Waals surface area contributed by atoms with Gasteiger partial charge in [-0.25, -0.2) is 0 Å². The molecule has 0 radical (unpaired) electrons. The molecule has 0 fully saturated rings. The van der Waals surface area contributed by atoms with E-state index in [4.69, 9.17) is 10.2 Å². The fraction of sp³-hybridized carbons (Fsp3) is 0.550. The molecule has 130 valence electrons. The van der Waals surface area contributed by atoms with Crippen molar-refractivity contribution in [2.75, 3.05) is 13.6 Å². The highest BCUT2D eigenvalue weighted by Gasteiger charge is 2.18. The molecule has 0 saturated carbocycles. The van der Waals surface area contributed by atoms with E-state index in [0.29, 0.717) is 18.9 Å². The van der Waals surface area contributed by atoms with Crippen molar-refractivity contribution in [3.05, 3.63) is 35.1 Å². The summed E-state index contributed by atoms with van der Waals surface area (Å²) < 4.78 is 5.69. The fourth-order valence-corrected chi connectivity index (χ4v) is 3.38. The number of hydrogen-bond donors (Lipinski definition) is 1. The topological polar surface area (TPSA) is 59.5 Å². The van der Waals surface area contributed by atoms with E-state index in [2.05, 4.69) is 26.0 Å². The highest BCUT2D eigenvalue weighted by molar-refractivity contribution is 5.88. The molecule has 1 aromatic heterocycles. The van der Waals surface area contributed by atoms with Crippen LogP contribution in [0.25, 0.3) is 11.0 Å². The maximum atomic E-state index is 12.5. The summed E-state index contributed by atoms with van der Waals surface area (Å²) in [6, 6.07) is 4.51. The minimum atomic E-state index is 0.120.